The highest BCUT2D eigenvalue weighted by Gasteiger charge is 2.20. The second-order valence-corrected chi connectivity index (χ2v) is 6.48. The van der Waals surface area contributed by atoms with E-state index in [0.29, 0.717) is 30.4 Å². The Morgan fingerprint density at radius 3 is 2.31 bits per heavy atom. The molecule has 0 aliphatic rings. The van der Waals surface area contributed by atoms with E-state index in [1.165, 1.54) is 4.68 Å². The van der Waals surface area contributed by atoms with Gasteiger partial charge < -0.3 is 9.64 Å². The molecule has 0 radical (unpaired) electrons. The van der Waals surface area contributed by atoms with Crippen molar-refractivity contribution in [3.05, 3.63) is 76.2 Å². The molecule has 1 aromatic heterocycles. The van der Waals surface area contributed by atoms with Crippen molar-refractivity contribution in [1.29, 1.82) is 0 Å². The molecule has 7 nitrogen and oxygen atoms in total. The maximum Gasteiger partial charge on any atom is 0.359 e. The monoisotopic (exact) mass is 393 g/mol. The predicted octanol–water partition coefficient (Wildman–Crippen LogP) is 2.62. The van der Waals surface area contributed by atoms with Gasteiger partial charge in [-0.05, 0) is 25.5 Å². The van der Waals surface area contributed by atoms with Crippen LogP contribution in [0, 0.1) is 0 Å². The van der Waals surface area contributed by atoms with Crippen molar-refractivity contribution in [3.8, 4) is 0 Å². The van der Waals surface area contributed by atoms with Gasteiger partial charge in [0.15, 0.2) is 12.3 Å². The van der Waals surface area contributed by atoms with Gasteiger partial charge in [-0.3, -0.25) is 9.59 Å². The quantitative estimate of drug-likeness (QED) is 0.577. The number of benzene rings is 2. The first-order chi connectivity index (χ1) is 14.0. The molecule has 3 aromatic rings. The van der Waals surface area contributed by atoms with Crippen LogP contribution in [-0.2, 0) is 22.6 Å². The Hall–Kier alpha value is -3.48. The Kier molecular flexibility index (Phi) is 6.39. The fourth-order valence-electron chi connectivity index (χ4n) is 3.07. The van der Waals surface area contributed by atoms with E-state index in [0.717, 1.165) is 5.56 Å². The molecule has 0 unspecified atom stereocenters. The molecule has 2 aromatic carbocycles. The lowest BCUT2D eigenvalue weighted by molar-refractivity contribution is -0.134. The number of carbonyl (C=O) groups is 2. The van der Waals surface area contributed by atoms with Crippen LogP contribution >= 0.6 is 0 Å². The molecule has 3 rings (SSSR count). The van der Waals surface area contributed by atoms with Gasteiger partial charge in [0.2, 0.25) is 0 Å². The number of esters is 1. The SMILES string of the molecule is CCN(Cc1ccccc1)C(=O)COC(=O)c1nn(CC)c(=O)c2ccccc12. The lowest BCUT2D eigenvalue weighted by atomic mass is 10.1. The van der Waals surface area contributed by atoms with Crippen LogP contribution in [0.25, 0.3) is 10.8 Å². The Bertz CT molecular complexity index is 1080. The van der Waals surface area contributed by atoms with Crippen molar-refractivity contribution in [2.45, 2.75) is 26.9 Å². The van der Waals surface area contributed by atoms with E-state index in [2.05, 4.69) is 5.10 Å². The second kappa shape index (κ2) is 9.14. The molecule has 0 N–H and O–H groups in total. The number of ether oxygens (including phenoxy) is 1. The van der Waals surface area contributed by atoms with Gasteiger partial charge in [-0.2, -0.15) is 5.10 Å². The molecule has 29 heavy (non-hydrogen) atoms. The lowest BCUT2D eigenvalue weighted by Gasteiger charge is -2.21. The van der Waals surface area contributed by atoms with E-state index in [9.17, 15) is 14.4 Å². The molecular formula is C22H23N3O4. The van der Waals surface area contributed by atoms with Gasteiger partial charge in [0, 0.05) is 25.0 Å². The first-order valence-corrected chi connectivity index (χ1v) is 9.53. The summed E-state index contributed by atoms with van der Waals surface area (Å²) in [5, 5.41) is 4.94. The minimum atomic E-state index is -0.729. The average Bonchev–Trinajstić information content (AvgIpc) is 2.76. The number of carbonyl (C=O) groups excluding carboxylic acids is 2. The maximum absolute atomic E-state index is 12.6. The number of aryl methyl sites for hydroxylation is 1. The van der Waals surface area contributed by atoms with Gasteiger partial charge in [0.25, 0.3) is 11.5 Å². The summed E-state index contributed by atoms with van der Waals surface area (Å²) in [5.74, 6) is -1.02. The standard InChI is InChI=1S/C22H23N3O4/c1-3-24(14-16-10-6-5-7-11-16)19(26)15-29-22(28)20-17-12-8-9-13-18(17)21(27)25(4-2)23-20/h5-13H,3-4,14-15H2,1-2H3. The average molecular weight is 393 g/mol. The molecule has 0 spiro atoms. The number of amides is 1. The smallest absolute Gasteiger partial charge is 0.359 e. The van der Waals surface area contributed by atoms with Gasteiger partial charge in [-0.25, -0.2) is 9.48 Å². The minimum absolute atomic E-state index is 0.0287. The molecule has 0 saturated carbocycles. The Morgan fingerprint density at radius 2 is 1.66 bits per heavy atom. The number of hydrogen-bond donors (Lipinski definition) is 0. The summed E-state index contributed by atoms with van der Waals surface area (Å²) < 4.78 is 6.47. The van der Waals surface area contributed by atoms with Gasteiger partial charge in [-0.1, -0.05) is 48.5 Å². The summed E-state index contributed by atoms with van der Waals surface area (Å²) >= 11 is 0. The van der Waals surface area contributed by atoms with Crippen molar-refractivity contribution in [2.75, 3.05) is 13.2 Å². The van der Waals surface area contributed by atoms with Crippen LogP contribution in [0.1, 0.15) is 29.9 Å². The highest BCUT2D eigenvalue weighted by atomic mass is 16.5. The van der Waals surface area contributed by atoms with E-state index < -0.39 is 5.97 Å². The van der Waals surface area contributed by atoms with Gasteiger partial charge in [0.05, 0.1) is 5.39 Å². The Morgan fingerprint density at radius 1 is 1.00 bits per heavy atom. The number of fused-ring (bicyclic) bond motifs is 1. The van der Waals surface area contributed by atoms with Crippen LogP contribution in [0.15, 0.2) is 59.4 Å². The highest BCUT2D eigenvalue weighted by molar-refractivity contribution is 6.02. The van der Waals surface area contributed by atoms with Gasteiger partial charge >= 0.3 is 5.97 Å². The second-order valence-electron chi connectivity index (χ2n) is 6.48. The third-order valence-corrected chi connectivity index (χ3v) is 4.64. The molecule has 150 valence electrons. The zero-order valence-corrected chi connectivity index (χ0v) is 16.5. The summed E-state index contributed by atoms with van der Waals surface area (Å²) in [7, 11) is 0. The molecule has 0 aliphatic heterocycles. The fourth-order valence-corrected chi connectivity index (χ4v) is 3.07. The third kappa shape index (κ3) is 4.51. The van der Waals surface area contributed by atoms with Crippen LogP contribution in [0.2, 0.25) is 0 Å². The number of aromatic nitrogens is 2. The molecule has 7 heteroatoms. The van der Waals surface area contributed by atoms with E-state index in [-0.39, 0.29) is 23.8 Å². The summed E-state index contributed by atoms with van der Waals surface area (Å²) in [6.07, 6.45) is 0. The molecule has 1 amide bonds. The number of hydrogen-bond acceptors (Lipinski definition) is 5. The molecule has 0 atom stereocenters. The van der Waals surface area contributed by atoms with Gasteiger partial charge in [-0.15, -0.1) is 0 Å². The lowest BCUT2D eigenvalue weighted by Crippen LogP contribution is -2.34. The first-order valence-electron chi connectivity index (χ1n) is 9.53. The van der Waals surface area contributed by atoms with Crippen molar-refractivity contribution in [3.63, 3.8) is 0 Å². The topological polar surface area (TPSA) is 81.5 Å². The Labute approximate surface area is 168 Å². The minimum Gasteiger partial charge on any atom is -0.451 e. The van der Waals surface area contributed by atoms with Crippen LogP contribution < -0.4 is 5.56 Å². The van der Waals surface area contributed by atoms with Gasteiger partial charge in [0.1, 0.15) is 0 Å². The normalized spacial score (nSPS) is 10.7. The first kappa shape index (κ1) is 20.3. The molecule has 0 aliphatic carbocycles. The summed E-state index contributed by atoms with van der Waals surface area (Å²) in [6, 6.07) is 16.3. The van der Waals surface area contributed by atoms with Crippen molar-refractivity contribution < 1.29 is 14.3 Å². The third-order valence-electron chi connectivity index (χ3n) is 4.64. The van der Waals surface area contributed by atoms with E-state index >= 15 is 0 Å². The van der Waals surface area contributed by atoms with Crippen molar-refractivity contribution >= 4 is 22.6 Å². The summed E-state index contributed by atoms with van der Waals surface area (Å²) in [4.78, 5) is 39.2. The van der Waals surface area contributed by atoms with Crippen LogP contribution in [0.4, 0.5) is 0 Å². The van der Waals surface area contributed by atoms with E-state index in [4.69, 9.17) is 4.74 Å². The molecule has 0 bridgehead atoms. The largest absolute Gasteiger partial charge is 0.451 e. The van der Waals surface area contributed by atoms with Crippen molar-refractivity contribution in [2.24, 2.45) is 0 Å². The molecule has 0 fully saturated rings. The highest BCUT2D eigenvalue weighted by Crippen LogP contribution is 2.14. The number of likely N-dealkylation sites (N-methyl/N-ethyl adjacent to an activating group) is 1. The molecule has 1 heterocycles. The van der Waals surface area contributed by atoms with Crippen LogP contribution in [0.5, 0.6) is 0 Å². The summed E-state index contributed by atoms with van der Waals surface area (Å²) in [6.45, 7) is 4.51. The zero-order valence-electron chi connectivity index (χ0n) is 16.5. The molecule has 0 saturated heterocycles. The zero-order chi connectivity index (χ0) is 20.8. The number of rotatable bonds is 7. The Balaban J connectivity index is 1.76. The maximum atomic E-state index is 12.6. The van der Waals surface area contributed by atoms with Crippen molar-refractivity contribution in [1.82, 2.24) is 14.7 Å². The van der Waals surface area contributed by atoms with E-state index in [1.807, 2.05) is 37.3 Å². The number of nitrogens with zero attached hydrogens (tertiary/aromatic N) is 3. The molecular weight excluding hydrogens is 370 g/mol. The fraction of sp³-hybridized carbons (Fsp3) is 0.273. The summed E-state index contributed by atoms with van der Waals surface area (Å²) in [5.41, 5.74) is 0.758. The van der Waals surface area contributed by atoms with Crippen LogP contribution in [-0.4, -0.2) is 39.7 Å². The predicted molar refractivity (Wildman–Crippen MR) is 109 cm³/mol. The van der Waals surface area contributed by atoms with Crippen LogP contribution in [0.3, 0.4) is 0 Å². The van der Waals surface area contributed by atoms with E-state index in [1.54, 1.807) is 36.1 Å².